The number of carbonyl (C=O) groups is 1. The van der Waals surface area contributed by atoms with Crippen LogP contribution in [0.2, 0.25) is 5.02 Å². The van der Waals surface area contributed by atoms with E-state index in [0.29, 0.717) is 5.76 Å². The van der Waals surface area contributed by atoms with Crippen molar-refractivity contribution in [3.63, 3.8) is 0 Å². The minimum absolute atomic E-state index is 0.178. The molecule has 0 N–H and O–H groups in total. The molecule has 0 aliphatic heterocycles. The molecule has 0 amide bonds. The van der Waals surface area contributed by atoms with Crippen LogP contribution in [0.4, 0.5) is 5.69 Å². The van der Waals surface area contributed by atoms with Crippen molar-refractivity contribution in [2.24, 2.45) is 0 Å². The normalized spacial score (nSPS) is 10.4. The van der Waals surface area contributed by atoms with Gasteiger partial charge in [0.2, 0.25) is 5.89 Å². The van der Waals surface area contributed by atoms with Crippen molar-refractivity contribution in [2.75, 3.05) is 0 Å². The van der Waals surface area contributed by atoms with Gasteiger partial charge in [-0.15, -0.1) is 0 Å². The Bertz CT molecular complexity index is 924. The molecule has 3 aromatic rings. The number of benzene rings is 2. The van der Waals surface area contributed by atoms with Crippen molar-refractivity contribution in [1.82, 2.24) is 4.98 Å². The van der Waals surface area contributed by atoms with Gasteiger partial charge in [0.05, 0.1) is 11.1 Å². The molecule has 126 valence electrons. The van der Waals surface area contributed by atoms with E-state index >= 15 is 0 Å². The number of halogens is 1. The number of esters is 1. The molecule has 25 heavy (non-hydrogen) atoms. The van der Waals surface area contributed by atoms with Crippen LogP contribution in [0.1, 0.15) is 16.2 Å². The fraction of sp³-hybridized carbons (Fsp3) is 0.0588. The lowest BCUT2D eigenvalue weighted by Crippen LogP contribution is -2.08. The lowest BCUT2D eigenvalue weighted by Gasteiger charge is -2.04. The number of aromatic nitrogens is 1. The van der Waals surface area contributed by atoms with Crippen LogP contribution in [0.5, 0.6) is 0 Å². The lowest BCUT2D eigenvalue weighted by molar-refractivity contribution is -0.385. The highest BCUT2D eigenvalue weighted by molar-refractivity contribution is 6.31. The van der Waals surface area contributed by atoms with Gasteiger partial charge in [-0.2, -0.15) is 0 Å². The van der Waals surface area contributed by atoms with Gasteiger partial charge < -0.3 is 9.15 Å². The lowest BCUT2D eigenvalue weighted by atomic mass is 10.2. The summed E-state index contributed by atoms with van der Waals surface area (Å²) in [6.07, 6.45) is 1.51. The SMILES string of the molecule is O=C(OCc1ncc(-c2ccccc2)o1)c1cc(Cl)ccc1[N+](=O)[O-]. The summed E-state index contributed by atoms with van der Waals surface area (Å²) in [5.74, 6) is -0.175. The predicted octanol–water partition coefficient (Wildman–Crippen LogP) is 4.26. The van der Waals surface area contributed by atoms with Gasteiger partial charge in [-0.25, -0.2) is 9.78 Å². The number of nitrogens with zero attached hydrogens (tertiary/aromatic N) is 2. The molecule has 0 spiro atoms. The van der Waals surface area contributed by atoms with Gasteiger partial charge in [0.25, 0.3) is 5.69 Å². The van der Waals surface area contributed by atoms with E-state index in [0.717, 1.165) is 11.6 Å². The number of oxazole rings is 1. The summed E-state index contributed by atoms with van der Waals surface area (Å²) in [5, 5.41) is 11.2. The number of nitro benzene ring substituents is 1. The zero-order chi connectivity index (χ0) is 17.8. The van der Waals surface area contributed by atoms with Crippen LogP contribution in [0.25, 0.3) is 11.3 Å². The van der Waals surface area contributed by atoms with Crippen molar-refractivity contribution < 1.29 is 18.9 Å². The van der Waals surface area contributed by atoms with Crippen LogP contribution < -0.4 is 0 Å². The summed E-state index contributed by atoms with van der Waals surface area (Å²) in [4.78, 5) is 26.5. The third-order valence-electron chi connectivity index (χ3n) is 3.31. The molecule has 0 saturated carbocycles. The maximum absolute atomic E-state index is 12.1. The van der Waals surface area contributed by atoms with Gasteiger partial charge in [-0.3, -0.25) is 10.1 Å². The molecule has 2 aromatic carbocycles. The van der Waals surface area contributed by atoms with Crippen molar-refractivity contribution >= 4 is 23.3 Å². The van der Waals surface area contributed by atoms with E-state index in [-0.39, 0.29) is 28.8 Å². The van der Waals surface area contributed by atoms with Crippen molar-refractivity contribution in [3.8, 4) is 11.3 Å². The average molecular weight is 359 g/mol. The first kappa shape index (κ1) is 16.7. The Morgan fingerprint density at radius 2 is 2.00 bits per heavy atom. The molecular formula is C17H11ClN2O5. The Morgan fingerprint density at radius 1 is 1.24 bits per heavy atom. The molecule has 7 nitrogen and oxygen atoms in total. The summed E-state index contributed by atoms with van der Waals surface area (Å²) in [6.45, 7) is -0.255. The molecule has 3 rings (SSSR count). The van der Waals surface area contributed by atoms with Gasteiger partial charge >= 0.3 is 5.97 Å². The Morgan fingerprint density at radius 3 is 2.72 bits per heavy atom. The maximum Gasteiger partial charge on any atom is 0.345 e. The van der Waals surface area contributed by atoms with Gasteiger partial charge in [0, 0.05) is 16.7 Å². The van der Waals surface area contributed by atoms with E-state index in [1.165, 1.54) is 18.3 Å². The molecule has 0 unspecified atom stereocenters. The van der Waals surface area contributed by atoms with E-state index in [9.17, 15) is 14.9 Å². The fourth-order valence-electron chi connectivity index (χ4n) is 2.15. The summed E-state index contributed by atoms with van der Waals surface area (Å²) >= 11 is 5.79. The van der Waals surface area contributed by atoms with E-state index in [1.54, 1.807) is 0 Å². The van der Waals surface area contributed by atoms with Gasteiger partial charge in [0.1, 0.15) is 5.56 Å². The zero-order valence-corrected chi connectivity index (χ0v) is 13.5. The second kappa shape index (κ2) is 7.14. The van der Waals surface area contributed by atoms with Crippen molar-refractivity contribution in [1.29, 1.82) is 0 Å². The molecule has 0 fully saturated rings. The van der Waals surface area contributed by atoms with Gasteiger partial charge in [-0.1, -0.05) is 41.9 Å². The number of nitro groups is 1. The first-order valence-electron chi connectivity index (χ1n) is 7.16. The molecule has 0 aliphatic rings. The first-order valence-corrected chi connectivity index (χ1v) is 7.53. The minimum atomic E-state index is -0.881. The summed E-state index contributed by atoms with van der Waals surface area (Å²) in [6, 6.07) is 13.0. The van der Waals surface area contributed by atoms with Crippen LogP contribution in [-0.4, -0.2) is 15.9 Å². The van der Waals surface area contributed by atoms with Crippen LogP contribution in [0.3, 0.4) is 0 Å². The highest BCUT2D eigenvalue weighted by atomic mass is 35.5. The standard InChI is InChI=1S/C17H11ClN2O5/c18-12-6-7-14(20(22)23)13(8-12)17(21)24-10-16-19-9-15(25-16)11-4-2-1-3-5-11/h1-9H,10H2. The molecule has 0 bridgehead atoms. The minimum Gasteiger partial charge on any atom is -0.452 e. The number of carbonyl (C=O) groups excluding carboxylic acids is 1. The largest absolute Gasteiger partial charge is 0.452 e. The topological polar surface area (TPSA) is 95.5 Å². The molecule has 8 heteroatoms. The fourth-order valence-corrected chi connectivity index (χ4v) is 2.32. The third-order valence-corrected chi connectivity index (χ3v) is 3.55. The number of hydrogen-bond donors (Lipinski definition) is 0. The molecular weight excluding hydrogens is 348 g/mol. The second-order valence-electron chi connectivity index (χ2n) is 4.98. The quantitative estimate of drug-likeness (QED) is 0.384. The van der Waals surface area contributed by atoms with Gasteiger partial charge in [0.15, 0.2) is 12.4 Å². The first-order chi connectivity index (χ1) is 12.0. The van der Waals surface area contributed by atoms with E-state index < -0.39 is 10.9 Å². The monoisotopic (exact) mass is 358 g/mol. The Balaban J connectivity index is 1.72. The van der Waals surface area contributed by atoms with Crippen LogP contribution in [-0.2, 0) is 11.3 Å². The highest BCUT2D eigenvalue weighted by Crippen LogP contribution is 2.24. The van der Waals surface area contributed by atoms with Crippen molar-refractivity contribution in [2.45, 2.75) is 6.61 Å². The van der Waals surface area contributed by atoms with Crippen LogP contribution >= 0.6 is 11.6 Å². The van der Waals surface area contributed by atoms with E-state index in [2.05, 4.69) is 4.98 Å². The second-order valence-corrected chi connectivity index (χ2v) is 5.42. The third kappa shape index (κ3) is 3.84. The number of ether oxygens (including phenoxy) is 1. The molecule has 0 atom stereocenters. The van der Waals surface area contributed by atoms with Gasteiger partial charge in [-0.05, 0) is 12.1 Å². The molecule has 0 radical (unpaired) electrons. The average Bonchev–Trinajstić information content (AvgIpc) is 3.09. The van der Waals surface area contributed by atoms with E-state index in [1.807, 2.05) is 30.3 Å². The molecule has 0 aliphatic carbocycles. The van der Waals surface area contributed by atoms with Crippen LogP contribution in [0, 0.1) is 10.1 Å². The van der Waals surface area contributed by atoms with Crippen molar-refractivity contribution in [3.05, 3.63) is 81.3 Å². The van der Waals surface area contributed by atoms with E-state index in [4.69, 9.17) is 20.8 Å². The molecule has 1 heterocycles. The predicted molar refractivity (Wildman–Crippen MR) is 89.2 cm³/mol. The zero-order valence-electron chi connectivity index (χ0n) is 12.7. The Kier molecular flexibility index (Phi) is 4.76. The van der Waals surface area contributed by atoms with Crippen LogP contribution in [0.15, 0.2) is 59.1 Å². The summed E-state index contributed by atoms with van der Waals surface area (Å²) in [7, 11) is 0. The summed E-state index contributed by atoms with van der Waals surface area (Å²) in [5.41, 5.74) is 0.220. The Hall–Kier alpha value is -3.19. The smallest absolute Gasteiger partial charge is 0.345 e. The highest BCUT2D eigenvalue weighted by Gasteiger charge is 2.22. The summed E-state index contributed by atoms with van der Waals surface area (Å²) < 4.78 is 10.6. The maximum atomic E-state index is 12.1. The number of rotatable bonds is 5. The number of hydrogen-bond acceptors (Lipinski definition) is 6. The molecule has 1 aromatic heterocycles. The molecule has 0 saturated heterocycles. The Labute approximate surface area is 147 Å².